The number of fused-ring (bicyclic) bond motifs is 1. The minimum atomic E-state index is -1.26. The van der Waals surface area contributed by atoms with Crippen molar-refractivity contribution in [2.75, 3.05) is 52.5 Å². The first-order valence-electron chi connectivity index (χ1n) is 13.9. The Kier molecular flexibility index (Phi) is 7.83. The van der Waals surface area contributed by atoms with Crippen molar-refractivity contribution in [3.8, 4) is 0 Å². The van der Waals surface area contributed by atoms with Gasteiger partial charge in [0, 0.05) is 32.7 Å². The Bertz CT molecular complexity index is 1090. The maximum absolute atomic E-state index is 14.5. The maximum Gasteiger partial charge on any atom is 0.310 e. The van der Waals surface area contributed by atoms with Crippen molar-refractivity contribution in [3.05, 3.63) is 48.6 Å². The molecule has 0 saturated carbocycles. The number of hydrogen-bond acceptors (Lipinski definition) is 7. The van der Waals surface area contributed by atoms with Crippen LogP contribution >= 0.6 is 0 Å². The normalized spacial score (nSPS) is 32.7. The van der Waals surface area contributed by atoms with E-state index in [9.17, 15) is 24.6 Å². The van der Waals surface area contributed by atoms with Gasteiger partial charge in [-0.1, -0.05) is 36.4 Å². The topological polar surface area (TPSA) is 120 Å². The number of carboxylic acid groups (broad SMARTS) is 1. The molecule has 0 aromatic heterocycles. The van der Waals surface area contributed by atoms with Crippen LogP contribution in [0.15, 0.2) is 43.0 Å². The average molecular weight is 542 g/mol. The summed E-state index contributed by atoms with van der Waals surface area (Å²) in [5, 5.41) is 20.7. The first-order valence-corrected chi connectivity index (χ1v) is 13.9. The number of carbonyl (C=O) groups is 3. The minimum Gasteiger partial charge on any atom is -0.481 e. The molecule has 2 unspecified atom stereocenters. The first-order chi connectivity index (χ1) is 18.8. The molecule has 1 aromatic rings. The van der Waals surface area contributed by atoms with E-state index in [4.69, 9.17) is 9.47 Å². The summed E-state index contributed by atoms with van der Waals surface area (Å²) in [5.41, 5.74) is -1.37. The summed E-state index contributed by atoms with van der Waals surface area (Å²) in [6.07, 6.45) is 2.85. The van der Waals surface area contributed by atoms with Crippen molar-refractivity contribution in [1.29, 1.82) is 0 Å². The van der Waals surface area contributed by atoms with Crippen LogP contribution in [0.25, 0.3) is 0 Å². The average Bonchev–Trinajstić information content (AvgIpc) is 3.51. The van der Waals surface area contributed by atoms with Crippen LogP contribution in [0.4, 0.5) is 0 Å². The number of carbonyl (C=O) groups excluding carboxylic acids is 2. The fourth-order valence-corrected chi connectivity index (χ4v) is 7.26. The van der Waals surface area contributed by atoms with E-state index in [2.05, 4.69) is 11.5 Å². The lowest BCUT2D eigenvalue weighted by Gasteiger charge is -2.40. The van der Waals surface area contributed by atoms with Crippen molar-refractivity contribution in [1.82, 2.24) is 14.7 Å². The maximum atomic E-state index is 14.5. The molecule has 4 aliphatic heterocycles. The zero-order chi connectivity index (χ0) is 27.8. The number of carboxylic acids is 1. The Labute approximate surface area is 229 Å². The van der Waals surface area contributed by atoms with Crippen LogP contribution < -0.4 is 0 Å². The van der Waals surface area contributed by atoms with E-state index in [1.807, 2.05) is 30.3 Å². The molecule has 5 rings (SSSR count). The van der Waals surface area contributed by atoms with Gasteiger partial charge in [0.2, 0.25) is 11.8 Å². The van der Waals surface area contributed by atoms with Crippen molar-refractivity contribution in [2.45, 2.75) is 49.5 Å². The third kappa shape index (κ3) is 4.77. The van der Waals surface area contributed by atoms with Gasteiger partial charge < -0.3 is 29.5 Å². The summed E-state index contributed by atoms with van der Waals surface area (Å²) < 4.78 is 12.0. The fourth-order valence-electron chi connectivity index (χ4n) is 7.26. The van der Waals surface area contributed by atoms with Gasteiger partial charge in [0.15, 0.2) is 0 Å². The van der Waals surface area contributed by atoms with Crippen molar-refractivity contribution in [3.63, 3.8) is 0 Å². The molecule has 2 N–H and O–H groups in total. The van der Waals surface area contributed by atoms with Gasteiger partial charge in [-0.25, -0.2) is 0 Å². The van der Waals surface area contributed by atoms with E-state index in [1.54, 1.807) is 17.9 Å². The number of benzene rings is 1. The second kappa shape index (κ2) is 11.0. The smallest absolute Gasteiger partial charge is 0.310 e. The van der Waals surface area contributed by atoms with E-state index >= 15 is 0 Å². The quantitative estimate of drug-likeness (QED) is 0.395. The van der Waals surface area contributed by atoms with Crippen LogP contribution in [0.1, 0.15) is 25.3 Å². The van der Waals surface area contributed by atoms with Gasteiger partial charge >= 0.3 is 5.97 Å². The van der Waals surface area contributed by atoms with E-state index in [0.717, 1.165) is 18.7 Å². The highest BCUT2D eigenvalue weighted by Crippen LogP contribution is 2.63. The van der Waals surface area contributed by atoms with Crippen LogP contribution in [0.5, 0.6) is 0 Å². The summed E-state index contributed by atoms with van der Waals surface area (Å²) in [4.78, 5) is 46.5. The fraction of sp³-hybridized carbons (Fsp3) is 0.621. The lowest BCUT2D eigenvalue weighted by Crippen LogP contribution is -2.59. The minimum absolute atomic E-state index is 0.282. The first kappa shape index (κ1) is 27.8. The number of hydrogen-bond donors (Lipinski definition) is 2. The van der Waals surface area contributed by atoms with Gasteiger partial charge in [0.25, 0.3) is 0 Å². The van der Waals surface area contributed by atoms with Gasteiger partial charge in [-0.15, -0.1) is 6.58 Å². The summed E-state index contributed by atoms with van der Waals surface area (Å²) in [5.74, 6) is -3.86. The highest BCUT2D eigenvalue weighted by molar-refractivity contribution is 5.98. The molecule has 6 atom stereocenters. The summed E-state index contributed by atoms with van der Waals surface area (Å²) in [6.45, 7) is 9.42. The van der Waals surface area contributed by atoms with Gasteiger partial charge in [-0.3, -0.25) is 19.3 Å². The van der Waals surface area contributed by atoms with Crippen LogP contribution in [-0.4, -0.2) is 119 Å². The number of aliphatic hydroxyl groups is 1. The number of morpholine rings is 1. The second-order valence-electron chi connectivity index (χ2n) is 11.4. The number of aliphatic hydroxyl groups excluding tert-OH is 1. The predicted octanol–water partition coefficient (Wildman–Crippen LogP) is 0.786. The van der Waals surface area contributed by atoms with Crippen molar-refractivity contribution in [2.24, 2.45) is 11.8 Å². The lowest BCUT2D eigenvalue weighted by molar-refractivity contribution is -0.158. The molecule has 0 radical (unpaired) electrons. The molecule has 1 spiro atoms. The van der Waals surface area contributed by atoms with Crippen LogP contribution in [-0.2, 0) is 30.3 Å². The van der Waals surface area contributed by atoms with E-state index in [-0.39, 0.29) is 19.1 Å². The molecule has 4 heterocycles. The SMILES string of the molecule is C=CCN(CCN1CCOCC1)C(=O)C1N([C@@H](CO)Cc2ccccc2)C(=O)[C@@H]2[C@@H](C(=O)O)[C@@]3(C)CCC12O3. The molecule has 0 aliphatic carbocycles. The zero-order valence-electron chi connectivity index (χ0n) is 22.5. The Morgan fingerprint density at radius 2 is 1.95 bits per heavy atom. The molecule has 4 fully saturated rings. The molecule has 2 bridgehead atoms. The number of nitrogens with zero attached hydrogens (tertiary/aromatic N) is 3. The summed E-state index contributed by atoms with van der Waals surface area (Å²) in [7, 11) is 0. The Balaban J connectivity index is 1.51. The summed E-state index contributed by atoms with van der Waals surface area (Å²) >= 11 is 0. The van der Waals surface area contributed by atoms with Crippen LogP contribution in [0.3, 0.4) is 0 Å². The molecule has 1 aromatic carbocycles. The van der Waals surface area contributed by atoms with E-state index in [0.29, 0.717) is 45.6 Å². The Morgan fingerprint density at radius 3 is 2.59 bits per heavy atom. The molecule has 10 heteroatoms. The molecule has 4 saturated heterocycles. The molecule has 39 heavy (non-hydrogen) atoms. The molecular weight excluding hydrogens is 502 g/mol. The molecule has 212 valence electrons. The summed E-state index contributed by atoms with van der Waals surface area (Å²) in [6, 6.07) is 7.74. The highest BCUT2D eigenvalue weighted by atomic mass is 16.5. The monoisotopic (exact) mass is 541 g/mol. The van der Waals surface area contributed by atoms with Gasteiger partial charge in [-0.05, 0) is 31.7 Å². The molecule has 10 nitrogen and oxygen atoms in total. The standard InChI is InChI=1S/C29H39N3O7/c1-3-11-31(13-12-30-14-16-38-17-15-30)26(35)24-29-10-9-28(2,39-29)23(27(36)37)22(29)25(34)32(24)21(19-33)18-20-7-5-4-6-8-20/h3-8,21-24,33H,1,9-19H2,2H3,(H,36,37)/t21-,22+,23+,24?,28-,29?/m1/s1. The van der Waals surface area contributed by atoms with Gasteiger partial charge in [-0.2, -0.15) is 0 Å². The number of ether oxygens (including phenoxy) is 2. The third-order valence-corrected chi connectivity index (χ3v) is 9.08. The van der Waals surface area contributed by atoms with Gasteiger partial charge in [0.05, 0.1) is 43.3 Å². The molecular formula is C29H39N3O7. The van der Waals surface area contributed by atoms with Gasteiger partial charge in [0.1, 0.15) is 11.6 Å². The van der Waals surface area contributed by atoms with Crippen molar-refractivity contribution >= 4 is 17.8 Å². The third-order valence-electron chi connectivity index (χ3n) is 9.08. The Hall–Kier alpha value is -2.79. The van der Waals surface area contributed by atoms with Crippen LogP contribution in [0, 0.1) is 11.8 Å². The number of likely N-dealkylation sites (tertiary alicyclic amines) is 1. The predicted molar refractivity (Wildman–Crippen MR) is 142 cm³/mol. The highest BCUT2D eigenvalue weighted by Gasteiger charge is 2.78. The second-order valence-corrected chi connectivity index (χ2v) is 11.4. The van der Waals surface area contributed by atoms with E-state index < -0.39 is 47.0 Å². The molecule has 2 amide bonds. The van der Waals surface area contributed by atoms with E-state index in [1.165, 1.54) is 4.90 Å². The molecule has 4 aliphatic rings. The lowest BCUT2D eigenvalue weighted by atomic mass is 9.66. The number of aliphatic carboxylic acids is 1. The Morgan fingerprint density at radius 1 is 1.23 bits per heavy atom. The zero-order valence-corrected chi connectivity index (χ0v) is 22.5. The number of amides is 2. The number of rotatable bonds is 11. The van der Waals surface area contributed by atoms with Crippen molar-refractivity contribution < 1.29 is 34.1 Å². The van der Waals surface area contributed by atoms with Crippen LogP contribution in [0.2, 0.25) is 0 Å². The largest absolute Gasteiger partial charge is 0.481 e.